The number of methoxy groups -OCH3 is 1. The molecule has 0 radical (unpaired) electrons. The lowest BCUT2D eigenvalue weighted by molar-refractivity contribution is -0.140. The SMILES string of the molecule is COc1ccc(C2/C(=C(/O)c3ccc(OC(C)C)c(C)c3)C(=O)C(=O)N2Cc2ccco2)cc1. The molecule has 34 heavy (non-hydrogen) atoms. The van der Waals surface area contributed by atoms with Crippen LogP contribution in [0.3, 0.4) is 0 Å². The van der Waals surface area contributed by atoms with E-state index in [1.54, 1.807) is 61.7 Å². The summed E-state index contributed by atoms with van der Waals surface area (Å²) in [5.74, 6) is 0.187. The Kier molecular flexibility index (Phi) is 6.45. The van der Waals surface area contributed by atoms with Crippen molar-refractivity contribution in [2.24, 2.45) is 0 Å². The molecule has 0 aliphatic carbocycles. The Bertz CT molecular complexity index is 1220. The van der Waals surface area contributed by atoms with Crippen molar-refractivity contribution in [2.45, 2.75) is 39.5 Å². The fourth-order valence-corrected chi connectivity index (χ4v) is 4.08. The van der Waals surface area contributed by atoms with Crippen LogP contribution in [-0.2, 0) is 16.1 Å². The first kappa shape index (κ1) is 23.2. The van der Waals surface area contributed by atoms with E-state index in [2.05, 4.69) is 0 Å². The molecule has 1 atom stereocenters. The molecule has 2 heterocycles. The fourth-order valence-electron chi connectivity index (χ4n) is 4.08. The number of hydrogen-bond acceptors (Lipinski definition) is 6. The van der Waals surface area contributed by atoms with Crippen LogP contribution in [0.4, 0.5) is 0 Å². The summed E-state index contributed by atoms with van der Waals surface area (Å²) in [4.78, 5) is 27.7. The van der Waals surface area contributed by atoms with Gasteiger partial charge < -0.3 is 23.9 Å². The van der Waals surface area contributed by atoms with Crippen LogP contribution < -0.4 is 9.47 Å². The summed E-state index contributed by atoms with van der Waals surface area (Å²) in [6.45, 7) is 5.82. The predicted octanol–water partition coefficient (Wildman–Crippen LogP) is 5.01. The van der Waals surface area contributed by atoms with Crippen molar-refractivity contribution in [1.82, 2.24) is 4.90 Å². The van der Waals surface area contributed by atoms with Gasteiger partial charge in [-0.2, -0.15) is 0 Å². The maximum Gasteiger partial charge on any atom is 0.296 e. The first-order valence-corrected chi connectivity index (χ1v) is 11.0. The third-order valence-electron chi connectivity index (χ3n) is 5.69. The average molecular weight is 462 g/mol. The molecule has 1 aliphatic heterocycles. The summed E-state index contributed by atoms with van der Waals surface area (Å²) in [6.07, 6.45) is 1.51. The normalized spacial score (nSPS) is 17.4. The lowest BCUT2D eigenvalue weighted by atomic mass is 9.94. The highest BCUT2D eigenvalue weighted by molar-refractivity contribution is 6.46. The van der Waals surface area contributed by atoms with Crippen molar-refractivity contribution < 1.29 is 28.6 Å². The molecule has 1 fully saturated rings. The molecule has 1 aliphatic rings. The highest BCUT2D eigenvalue weighted by Crippen LogP contribution is 2.41. The summed E-state index contributed by atoms with van der Waals surface area (Å²) in [7, 11) is 1.56. The van der Waals surface area contributed by atoms with E-state index in [4.69, 9.17) is 13.9 Å². The minimum Gasteiger partial charge on any atom is -0.507 e. The van der Waals surface area contributed by atoms with Gasteiger partial charge in [0, 0.05) is 5.56 Å². The van der Waals surface area contributed by atoms with Gasteiger partial charge in [-0.1, -0.05) is 12.1 Å². The minimum atomic E-state index is -0.789. The van der Waals surface area contributed by atoms with Gasteiger partial charge in [0.15, 0.2) is 0 Å². The standard InChI is InChI=1S/C27H27NO6/c1-16(2)34-22-12-9-19(14-17(22)3)25(29)23-24(18-7-10-20(32-4)11-8-18)28(27(31)26(23)30)15-21-6-5-13-33-21/h5-14,16,24,29H,15H2,1-4H3/b25-23-. The summed E-state index contributed by atoms with van der Waals surface area (Å²) < 4.78 is 16.5. The molecule has 1 amide bonds. The number of aliphatic hydroxyl groups excluding tert-OH is 1. The Morgan fingerprint density at radius 1 is 1.12 bits per heavy atom. The number of aryl methyl sites for hydroxylation is 1. The third kappa shape index (κ3) is 4.41. The van der Waals surface area contributed by atoms with Crippen LogP contribution in [0.25, 0.3) is 5.76 Å². The zero-order chi connectivity index (χ0) is 24.4. The van der Waals surface area contributed by atoms with E-state index in [0.717, 1.165) is 5.56 Å². The number of aliphatic hydroxyl groups is 1. The molecular formula is C27H27NO6. The third-order valence-corrected chi connectivity index (χ3v) is 5.69. The van der Waals surface area contributed by atoms with Crippen molar-refractivity contribution in [3.05, 3.63) is 88.9 Å². The van der Waals surface area contributed by atoms with Crippen LogP contribution in [0.5, 0.6) is 11.5 Å². The van der Waals surface area contributed by atoms with Gasteiger partial charge in [0.25, 0.3) is 11.7 Å². The zero-order valence-corrected chi connectivity index (χ0v) is 19.6. The number of furan rings is 1. The van der Waals surface area contributed by atoms with E-state index in [0.29, 0.717) is 28.4 Å². The zero-order valence-electron chi connectivity index (χ0n) is 19.6. The first-order chi connectivity index (χ1) is 16.3. The van der Waals surface area contributed by atoms with Crippen molar-refractivity contribution >= 4 is 17.4 Å². The van der Waals surface area contributed by atoms with Gasteiger partial charge in [-0.05, 0) is 74.4 Å². The number of amides is 1. The molecular weight excluding hydrogens is 434 g/mol. The van der Waals surface area contributed by atoms with Crippen LogP contribution in [0, 0.1) is 6.92 Å². The van der Waals surface area contributed by atoms with Gasteiger partial charge in [0.1, 0.15) is 23.0 Å². The first-order valence-electron chi connectivity index (χ1n) is 11.0. The second-order valence-electron chi connectivity index (χ2n) is 8.43. The largest absolute Gasteiger partial charge is 0.507 e. The van der Waals surface area contributed by atoms with Crippen LogP contribution in [0.2, 0.25) is 0 Å². The maximum atomic E-state index is 13.2. The number of carbonyl (C=O) groups is 2. The average Bonchev–Trinajstić information content (AvgIpc) is 3.42. The Morgan fingerprint density at radius 3 is 2.44 bits per heavy atom. The van der Waals surface area contributed by atoms with Gasteiger partial charge in [-0.3, -0.25) is 9.59 Å². The number of carbonyl (C=O) groups excluding carboxylic acids is 2. The van der Waals surface area contributed by atoms with E-state index in [1.807, 2.05) is 20.8 Å². The molecule has 3 aromatic rings. The number of hydrogen-bond donors (Lipinski definition) is 1. The number of ketones is 1. The topological polar surface area (TPSA) is 89.2 Å². The molecule has 1 aromatic heterocycles. The Hall–Kier alpha value is -4.00. The molecule has 0 spiro atoms. The van der Waals surface area contributed by atoms with E-state index >= 15 is 0 Å². The second kappa shape index (κ2) is 9.47. The number of rotatable bonds is 7. The Balaban J connectivity index is 1.82. The van der Waals surface area contributed by atoms with Crippen molar-refractivity contribution in [2.75, 3.05) is 7.11 Å². The molecule has 4 rings (SSSR count). The molecule has 1 N–H and O–H groups in total. The van der Waals surface area contributed by atoms with Gasteiger partial charge in [-0.15, -0.1) is 0 Å². The Labute approximate surface area is 198 Å². The number of likely N-dealkylation sites (tertiary alicyclic amines) is 1. The molecule has 1 unspecified atom stereocenters. The van der Waals surface area contributed by atoms with Crippen LogP contribution in [-0.4, -0.2) is 34.9 Å². The lowest BCUT2D eigenvalue weighted by Gasteiger charge is -2.24. The van der Waals surface area contributed by atoms with Crippen molar-refractivity contribution in [3.63, 3.8) is 0 Å². The molecule has 2 aromatic carbocycles. The number of benzene rings is 2. The molecule has 1 saturated heterocycles. The second-order valence-corrected chi connectivity index (χ2v) is 8.43. The van der Waals surface area contributed by atoms with E-state index in [1.165, 1.54) is 11.2 Å². The quantitative estimate of drug-likeness (QED) is 0.302. The molecule has 0 bridgehead atoms. The van der Waals surface area contributed by atoms with E-state index < -0.39 is 17.7 Å². The predicted molar refractivity (Wildman–Crippen MR) is 126 cm³/mol. The van der Waals surface area contributed by atoms with Crippen molar-refractivity contribution in [3.8, 4) is 11.5 Å². The number of ether oxygens (including phenoxy) is 2. The van der Waals surface area contributed by atoms with Crippen molar-refractivity contribution in [1.29, 1.82) is 0 Å². The highest BCUT2D eigenvalue weighted by Gasteiger charge is 2.46. The summed E-state index contributed by atoms with van der Waals surface area (Å²) in [5.41, 5.74) is 1.94. The van der Waals surface area contributed by atoms with Gasteiger partial charge >= 0.3 is 0 Å². The molecule has 7 nitrogen and oxygen atoms in total. The summed E-state index contributed by atoms with van der Waals surface area (Å²) in [5, 5.41) is 11.3. The van der Waals surface area contributed by atoms with Gasteiger partial charge in [-0.25, -0.2) is 0 Å². The van der Waals surface area contributed by atoms with E-state index in [9.17, 15) is 14.7 Å². The minimum absolute atomic E-state index is 0.000134. The number of nitrogens with zero attached hydrogens (tertiary/aromatic N) is 1. The monoisotopic (exact) mass is 461 g/mol. The van der Waals surface area contributed by atoms with Gasteiger partial charge in [0.05, 0.1) is 37.6 Å². The van der Waals surface area contributed by atoms with E-state index in [-0.39, 0.29) is 24.0 Å². The highest BCUT2D eigenvalue weighted by atomic mass is 16.5. The van der Waals surface area contributed by atoms with Gasteiger partial charge in [0.2, 0.25) is 0 Å². The van der Waals surface area contributed by atoms with Crippen LogP contribution in [0.1, 0.15) is 42.3 Å². The molecule has 0 saturated carbocycles. The maximum absolute atomic E-state index is 13.2. The summed E-state index contributed by atoms with van der Waals surface area (Å²) in [6, 6.07) is 14.9. The fraction of sp³-hybridized carbons (Fsp3) is 0.259. The molecule has 7 heteroatoms. The Morgan fingerprint density at radius 2 is 1.85 bits per heavy atom. The lowest BCUT2D eigenvalue weighted by Crippen LogP contribution is -2.29. The molecule has 176 valence electrons. The number of Topliss-reactive ketones (excluding diaryl/α,β-unsaturated/α-hetero) is 1. The van der Waals surface area contributed by atoms with Crippen LogP contribution >= 0.6 is 0 Å². The summed E-state index contributed by atoms with van der Waals surface area (Å²) >= 11 is 0. The van der Waals surface area contributed by atoms with Crippen LogP contribution in [0.15, 0.2) is 70.9 Å². The smallest absolute Gasteiger partial charge is 0.296 e.